The van der Waals surface area contributed by atoms with E-state index in [1.54, 1.807) is 12.1 Å². The number of halogens is 1. The Kier molecular flexibility index (Phi) is 7.55. The van der Waals surface area contributed by atoms with Gasteiger partial charge in [0.1, 0.15) is 12.3 Å². The third-order valence-corrected chi connectivity index (χ3v) is 5.63. The molecule has 0 spiro atoms. The molecular weight excluding hydrogens is 378 g/mol. The summed E-state index contributed by atoms with van der Waals surface area (Å²) in [7, 11) is -2.24. The maximum atomic E-state index is 12.2. The van der Waals surface area contributed by atoms with Crippen molar-refractivity contribution in [3.63, 3.8) is 0 Å². The van der Waals surface area contributed by atoms with E-state index in [-0.39, 0.29) is 18.1 Å². The van der Waals surface area contributed by atoms with Crippen LogP contribution in [0.4, 0.5) is 5.69 Å². The van der Waals surface area contributed by atoms with Gasteiger partial charge in [-0.05, 0) is 57.1 Å². The van der Waals surface area contributed by atoms with E-state index >= 15 is 0 Å². The molecule has 0 aromatic heterocycles. The van der Waals surface area contributed by atoms with Crippen LogP contribution in [-0.4, -0.2) is 65.3 Å². The summed E-state index contributed by atoms with van der Waals surface area (Å²) in [5, 5.41) is 3.15. The fourth-order valence-corrected chi connectivity index (χ4v) is 3.98. The number of carbonyl (C=O) groups is 1. The molecule has 0 bridgehead atoms. The lowest BCUT2D eigenvalue weighted by atomic mass is 10.3. The van der Waals surface area contributed by atoms with Gasteiger partial charge in [-0.1, -0.05) is 11.6 Å². The molecule has 1 heterocycles. The Balaban J connectivity index is 1.97. The van der Waals surface area contributed by atoms with Gasteiger partial charge in [0.25, 0.3) is 0 Å². The second kappa shape index (κ2) is 9.43. The van der Waals surface area contributed by atoms with E-state index in [2.05, 4.69) is 10.2 Å². The van der Waals surface area contributed by atoms with Crippen molar-refractivity contribution >= 4 is 33.2 Å². The number of sulfonamides is 1. The van der Waals surface area contributed by atoms with Gasteiger partial charge in [0, 0.05) is 11.6 Å². The molecule has 0 aliphatic carbocycles. The molecule has 0 saturated carbocycles. The number of ether oxygens (including phenoxy) is 1. The number of hydrogen-bond donors (Lipinski definition) is 1. The van der Waals surface area contributed by atoms with Crippen LogP contribution in [-0.2, 0) is 14.8 Å². The summed E-state index contributed by atoms with van der Waals surface area (Å²) in [5.41, 5.74) is 0.245. The average molecular weight is 404 g/mol. The summed E-state index contributed by atoms with van der Waals surface area (Å²) >= 11 is 5.99. The Morgan fingerprint density at radius 3 is 2.65 bits per heavy atom. The van der Waals surface area contributed by atoms with Crippen molar-refractivity contribution in [2.75, 3.05) is 50.4 Å². The highest BCUT2D eigenvalue weighted by Crippen LogP contribution is 2.32. The van der Waals surface area contributed by atoms with Gasteiger partial charge in [-0.25, -0.2) is 8.42 Å². The van der Waals surface area contributed by atoms with E-state index in [4.69, 9.17) is 16.3 Å². The maximum Gasteiger partial charge on any atom is 0.240 e. The van der Waals surface area contributed by atoms with Crippen LogP contribution in [0.25, 0.3) is 0 Å². The van der Waals surface area contributed by atoms with Crippen molar-refractivity contribution in [2.45, 2.75) is 19.3 Å². The number of methoxy groups -OCH3 is 1. The molecule has 1 fully saturated rings. The predicted octanol–water partition coefficient (Wildman–Crippen LogP) is 1.72. The number of likely N-dealkylation sites (tertiary alicyclic amines) is 1. The fourth-order valence-electron chi connectivity index (χ4n) is 2.96. The summed E-state index contributed by atoms with van der Waals surface area (Å²) in [4.78, 5) is 14.6. The zero-order valence-electron chi connectivity index (χ0n) is 15.2. The zero-order valence-corrected chi connectivity index (χ0v) is 16.8. The molecule has 2 rings (SSSR count). The number of anilines is 1. The second-order valence-corrected chi connectivity index (χ2v) is 8.68. The Labute approximate surface area is 160 Å². The average Bonchev–Trinajstić information content (AvgIpc) is 3.09. The summed E-state index contributed by atoms with van der Waals surface area (Å²) in [6.45, 7) is 3.37. The van der Waals surface area contributed by atoms with E-state index in [0.29, 0.717) is 17.3 Å². The lowest BCUT2D eigenvalue weighted by Gasteiger charge is -2.24. The summed E-state index contributed by atoms with van der Waals surface area (Å²) < 4.78 is 30.6. The van der Waals surface area contributed by atoms with E-state index < -0.39 is 10.0 Å². The third kappa shape index (κ3) is 6.03. The second-order valence-electron chi connectivity index (χ2n) is 6.34. The molecule has 26 heavy (non-hydrogen) atoms. The third-order valence-electron chi connectivity index (χ3n) is 4.27. The van der Waals surface area contributed by atoms with Crippen LogP contribution in [0.3, 0.4) is 0 Å². The van der Waals surface area contributed by atoms with Crippen LogP contribution >= 0.6 is 11.6 Å². The van der Waals surface area contributed by atoms with E-state index in [9.17, 15) is 13.2 Å². The lowest BCUT2D eigenvalue weighted by molar-refractivity contribution is -0.119. The number of nitrogens with zero attached hydrogens (tertiary/aromatic N) is 2. The van der Waals surface area contributed by atoms with E-state index in [1.807, 2.05) is 0 Å². The highest BCUT2D eigenvalue weighted by molar-refractivity contribution is 7.92. The lowest BCUT2D eigenvalue weighted by Crippen LogP contribution is -2.41. The van der Waals surface area contributed by atoms with Crippen molar-refractivity contribution in [3.05, 3.63) is 23.2 Å². The van der Waals surface area contributed by atoms with Crippen molar-refractivity contribution in [2.24, 2.45) is 0 Å². The molecule has 0 atom stereocenters. The molecule has 1 saturated heterocycles. The fraction of sp³-hybridized carbons (Fsp3) is 0.588. The molecule has 1 aliphatic heterocycles. The van der Waals surface area contributed by atoms with Gasteiger partial charge < -0.3 is 15.0 Å². The molecule has 0 unspecified atom stereocenters. The van der Waals surface area contributed by atoms with E-state index in [1.165, 1.54) is 26.0 Å². The van der Waals surface area contributed by atoms with Crippen LogP contribution in [0.1, 0.15) is 19.3 Å². The van der Waals surface area contributed by atoms with Crippen LogP contribution in [0.2, 0.25) is 5.02 Å². The quantitative estimate of drug-likeness (QED) is 0.635. The highest BCUT2D eigenvalue weighted by atomic mass is 35.5. The maximum absolute atomic E-state index is 12.2. The Morgan fingerprint density at radius 1 is 1.35 bits per heavy atom. The summed E-state index contributed by atoms with van der Waals surface area (Å²) in [6.07, 6.45) is 4.35. The topological polar surface area (TPSA) is 79.0 Å². The molecule has 1 aliphatic rings. The minimum atomic E-state index is -3.68. The molecular formula is C17H26ClN3O4S. The largest absolute Gasteiger partial charge is 0.495 e. The van der Waals surface area contributed by atoms with Gasteiger partial charge >= 0.3 is 0 Å². The number of hydrogen-bond acceptors (Lipinski definition) is 5. The molecule has 1 N–H and O–H groups in total. The van der Waals surface area contributed by atoms with E-state index in [0.717, 1.165) is 36.6 Å². The first kappa shape index (κ1) is 20.8. The number of amides is 1. The van der Waals surface area contributed by atoms with Crippen molar-refractivity contribution in [3.8, 4) is 5.75 Å². The number of rotatable bonds is 9. The van der Waals surface area contributed by atoms with Gasteiger partial charge in [-0.2, -0.15) is 0 Å². The Bertz CT molecular complexity index is 721. The van der Waals surface area contributed by atoms with Crippen LogP contribution in [0.15, 0.2) is 18.2 Å². The van der Waals surface area contributed by atoms with Crippen molar-refractivity contribution < 1.29 is 17.9 Å². The van der Waals surface area contributed by atoms with Crippen molar-refractivity contribution in [1.82, 2.24) is 10.2 Å². The SMILES string of the molecule is COc1ccc(Cl)cc1N(CC(=O)NCCCN1CCCC1)S(C)(=O)=O. The first-order valence-electron chi connectivity index (χ1n) is 8.61. The number of carbonyl (C=O) groups excluding carboxylic acids is 1. The van der Waals surface area contributed by atoms with Crippen LogP contribution in [0.5, 0.6) is 5.75 Å². The zero-order chi connectivity index (χ0) is 19.2. The van der Waals surface area contributed by atoms with Gasteiger partial charge in [-0.15, -0.1) is 0 Å². The van der Waals surface area contributed by atoms with Crippen LogP contribution < -0.4 is 14.4 Å². The van der Waals surface area contributed by atoms with Gasteiger partial charge in [0.15, 0.2) is 0 Å². The van der Waals surface area contributed by atoms with Gasteiger partial charge in [0.05, 0.1) is 19.1 Å². The predicted molar refractivity (Wildman–Crippen MR) is 103 cm³/mol. The molecule has 1 aromatic carbocycles. The summed E-state index contributed by atoms with van der Waals surface area (Å²) in [5.74, 6) is -0.0273. The smallest absolute Gasteiger partial charge is 0.240 e. The van der Waals surface area contributed by atoms with Gasteiger partial charge in [-0.3, -0.25) is 9.10 Å². The molecule has 9 heteroatoms. The van der Waals surface area contributed by atoms with Crippen molar-refractivity contribution in [1.29, 1.82) is 0 Å². The molecule has 146 valence electrons. The normalized spacial score (nSPS) is 15.0. The highest BCUT2D eigenvalue weighted by Gasteiger charge is 2.24. The molecule has 1 aromatic rings. The van der Waals surface area contributed by atoms with Crippen LogP contribution in [0, 0.1) is 0 Å². The summed E-state index contributed by atoms with van der Waals surface area (Å²) in [6, 6.07) is 4.65. The minimum Gasteiger partial charge on any atom is -0.495 e. The first-order valence-corrected chi connectivity index (χ1v) is 10.8. The number of benzene rings is 1. The molecule has 1 amide bonds. The molecule has 7 nitrogen and oxygen atoms in total. The minimum absolute atomic E-state index is 0.245. The Hall–Kier alpha value is -1.51. The Morgan fingerprint density at radius 2 is 2.04 bits per heavy atom. The first-order chi connectivity index (χ1) is 12.3. The number of nitrogens with one attached hydrogen (secondary N) is 1. The standard InChI is InChI=1S/C17H26ClN3O4S/c1-25-16-7-6-14(18)12-15(16)21(26(2,23)24)13-17(22)19-8-5-11-20-9-3-4-10-20/h6-7,12H,3-5,8-11,13H2,1-2H3,(H,19,22). The monoisotopic (exact) mass is 403 g/mol. The molecule has 0 radical (unpaired) electrons. The van der Waals surface area contributed by atoms with Gasteiger partial charge in [0.2, 0.25) is 15.9 Å².